The highest BCUT2D eigenvalue weighted by atomic mass is 16.3. The van der Waals surface area contributed by atoms with E-state index in [4.69, 9.17) is 0 Å². The highest BCUT2D eigenvalue weighted by Crippen LogP contribution is 2.33. The van der Waals surface area contributed by atoms with Gasteiger partial charge in [0.15, 0.2) is 0 Å². The molecule has 2 aromatic carbocycles. The minimum atomic E-state index is -1.09. The second-order valence-electron chi connectivity index (χ2n) is 6.63. The molecule has 128 valence electrons. The van der Waals surface area contributed by atoms with E-state index in [0.717, 1.165) is 22.3 Å². The average molecular weight is 340 g/mol. The molecule has 2 heteroatoms. The molecule has 0 aliphatic heterocycles. The first-order valence-electron chi connectivity index (χ1n) is 8.66. The maximum Gasteiger partial charge on any atom is 0.127 e. The molecule has 0 saturated carbocycles. The first-order valence-corrected chi connectivity index (χ1v) is 8.66. The molecule has 0 fully saturated rings. The number of benzene rings is 2. The van der Waals surface area contributed by atoms with Crippen molar-refractivity contribution in [3.63, 3.8) is 0 Å². The van der Waals surface area contributed by atoms with Crippen molar-refractivity contribution < 1.29 is 10.2 Å². The van der Waals surface area contributed by atoms with Gasteiger partial charge < -0.3 is 10.2 Å². The van der Waals surface area contributed by atoms with Crippen molar-refractivity contribution in [2.75, 3.05) is 0 Å². The van der Waals surface area contributed by atoms with Crippen LogP contribution in [0.25, 0.3) is 0 Å². The van der Waals surface area contributed by atoms with Crippen LogP contribution in [0, 0.1) is 0 Å². The first-order chi connectivity index (χ1) is 12.6. The highest BCUT2D eigenvalue weighted by Gasteiger charge is 2.27. The van der Waals surface area contributed by atoms with Crippen LogP contribution in [-0.4, -0.2) is 10.2 Å². The molecule has 0 atom stereocenters. The average Bonchev–Trinajstić information content (AvgIpc) is 2.71. The molecule has 2 aliphatic rings. The van der Waals surface area contributed by atoms with E-state index in [2.05, 4.69) is 0 Å². The Kier molecular flexibility index (Phi) is 4.08. The van der Waals surface area contributed by atoms with Gasteiger partial charge in [-0.25, -0.2) is 0 Å². The minimum absolute atomic E-state index is 0.838. The Hall–Kier alpha value is -2.94. The molecule has 0 radical (unpaired) electrons. The zero-order valence-electron chi connectivity index (χ0n) is 14.3. The zero-order chi connectivity index (χ0) is 18.0. The number of hydrogen-bond donors (Lipinski definition) is 2. The SMILES string of the molecule is OC1(c2ccccc2)C=CC(=C2C=CC(O)(c3ccccc3)C=C2)C=C1. The van der Waals surface area contributed by atoms with Gasteiger partial charge >= 0.3 is 0 Å². The highest BCUT2D eigenvalue weighted by molar-refractivity contribution is 5.55. The maximum absolute atomic E-state index is 10.8. The standard InChI is InChI=1S/C24H20O2/c25-23(21-7-3-1-4-8-21)15-11-19(12-16-23)20-13-17-24(26,18-14-20)22-9-5-2-6-10-22/h1-18,25-26H. The smallest absolute Gasteiger partial charge is 0.127 e. The Labute approximate surface area is 153 Å². The predicted octanol–water partition coefficient (Wildman–Crippen LogP) is 4.31. The van der Waals surface area contributed by atoms with Crippen LogP contribution in [0.3, 0.4) is 0 Å². The van der Waals surface area contributed by atoms with E-state index in [1.807, 2.05) is 85.0 Å². The lowest BCUT2D eigenvalue weighted by molar-refractivity contribution is 0.141. The number of hydrogen-bond acceptors (Lipinski definition) is 2. The van der Waals surface area contributed by atoms with Crippen LogP contribution in [-0.2, 0) is 11.2 Å². The molecule has 4 rings (SSSR count). The van der Waals surface area contributed by atoms with Crippen molar-refractivity contribution in [1.29, 1.82) is 0 Å². The number of aliphatic hydroxyl groups is 2. The van der Waals surface area contributed by atoms with E-state index in [1.54, 1.807) is 24.3 Å². The van der Waals surface area contributed by atoms with E-state index in [1.165, 1.54) is 0 Å². The fraction of sp³-hybridized carbons (Fsp3) is 0.0833. The Morgan fingerprint density at radius 1 is 0.462 bits per heavy atom. The summed E-state index contributed by atoms with van der Waals surface area (Å²) in [7, 11) is 0. The van der Waals surface area contributed by atoms with Gasteiger partial charge in [-0.2, -0.15) is 0 Å². The van der Waals surface area contributed by atoms with Crippen LogP contribution in [0.1, 0.15) is 11.1 Å². The minimum Gasteiger partial charge on any atom is -0.377 e. The van der Waals surface area contributed by atoms with Gasteiger partial charge in [-0.3, -0.25) is 0 Å². The summed E-state index contributed by atoms with van der Waals surface area (Å²) in [4.78, 5) is 0. The van der Waals surface area contributed by atoms with Crippen molar-refractivity contribution in [3.05, 3.63) is 132 Å². The van der Waals surface area contributed by atoms with Gasteiger partial charge in [0, 0.05) is 0 Å². The van der Waals surface area contributed by atoms with Crippen molar-refractivity contribution >= 4 is 0 Å². The molecule has 0 spiro atoms. The Morgan fingerprint density at radius 3 is 1.08 bits per heavy atom. The topological polar surface area (TPSA) is 40.5 Å². The van der Waals surface area contributed by atoms with E-state index in [0.29, 0.717) is 0 Å². The summed E-state index contributed by atoms with van der Waals surface area (Å²) < 4.78 is 0. The van der Waals surface area contributed by atoms with Gasteiger partial charge in [-0.05, 0) is 46.6 Å². The van der Waals surface area contributed by atoms with Gasteiger partial charge in [0.2, 0.25) is 0 Å². The molecule has 2 aliphatic carbocycles. The molecule has 0 bridgehead atoms. The summed E-state index contributed by atoms with van der Waals surface area (Å²) in [6.07, 6.45) is 14.9. The first kappa shape index (κ1) is 16.5. The zero-order valence-corrected chi connectivity index (χ0v) is 14.3. The summed E-state index contributed by atoms with van der Waals surface area (Å²) in [5, 5.41) is 21.6. The maximum atomic E-state index is 10.8. The van der Waals surface area contributed by atoms with Crippen LogP contribution in [0.5, 0.6) is 0 Å². The van der Waals surface area contributed by atoms with Gasteiger partial charge in [0.05, 0.1) is 0 Å². The lowest BCUT2D eigenvalue weighted by Crippen LogP contribution is -2.22. The molecule has 0 aromatic heterocycles. The summed E-state index contributed by atoms with van der Waals surface area (Å²) in [6.45, 7) is 0. The van der Waals surface area contributed by atoms with Crippen molar-refractivity contribution in [2.24, 2.45) is 0 Å². The summed E-state index contributed by atoms with van der Waals surface area (Å²) in [5.74, 6) is 0. The summed E-state index contributed by atoms with van der Waals surface area (Å²) in [6, 6.07) is 19.2. The van der Waals surface area contributed by atoms with Crippen molar-refractivity contribution in [1.82, 2.24) is 0 Å². The summed E-state index contributed by atoms with van der Waals surface area (Å²) >= 11 is 0. The predicted molar refractivity (Wildman–Crippen MR) is 104 cm³/mol. The second kappa shape index (κ2) is 6.41. The third-order valence-corrected chi connectivity index (χ3v) is 4.87. The molecule has 0 saturated heterocycles. The monoisotopic (exact) mass is 340 g/mol. The van der Waals surface area contributed by atoms with Gasteiger partial charge in [-0.1, -0.05) is 85.0 Å². The number of rotatable bonds is 2. The van der Waals surface area contributed by atoms with Gasteiger partial charge in [-0.15, -0.1) is 0 Å². The van der Waals surface area contributed by atoms with E-state index < -0.39 is 11.2 Å². The Balaban J connectivity index is 1.60. The van der Waals surface area contributed by atoms with Crippen LogP contribution in [0.4, 0.5) is 0 Å². The third kappa shape index (κ3) is 3.01. The van der Waals surface area contributed by atoms with Gasteiger partial charge in [0.25, 0.3) is 0 Å². The molecule has 0 amide bonds. The third-order valence-electron chi connectivity index (χ3n) is 4.87. The second-order valence-corrected chi connectivity index (χ2v) is 6.63. The normalized spacial score (nSPS) is 27.2. The largest absolute Gasteiger partial charge is 0.377 e. The van der Waals surface area contributed by atoms with E-state index >= 15 is 0 Å². The Bertz CT molecular complexity index is 833. The van der Waals surface area contributed by atoms with Crippen LogP contribution < -0.4 is 0 Å². The Morgan fingerprint density at radius 2 is 0.769 bits per heavy atom. The van der Waals surface area contributed by atoms with E-state index in [9.17, 15) is 10.2 Å². The molecule has 2 N–H and O–H groups in total. The molecule has 2 aromatic rings. The van der Waals surface area contributed by atoms with Crippen LogP contribution in [0.15, 0.2) is 120 Å². The summed E-state index contributed by atoms with van der Waals surface area (Å²) in [5.41, 5.74) is 1.49. The molecular formula is C24H20O2. The lowest BCUT2D eigenvalue weighted by Gasteiger charge is -2.26. The molecule has 26 heavy (non-hydrogen) atoms. The van der Waals surface area contributed by atoms with Crippen molar-refractivity contribution in [3.8, 4) is 0 Å². The van der Waals surface area contributed by atoms with Crippen LogP contribution in [0.2, 0.25) is 0 Å². The molecule has 0 heterocycles. The van der Waals surface area contributed by atoms with Crippen LogP contribution >= 0.6 is 0 Å². The fourth-order valence-electron chi connectivity index (χ4n) is 3.27. The fourth-order valence-corrected chi connectivity index (χ4v) is 3.27. The lowest BCUT2D eigenvalue weighted by atomic mass is 9.84. The number of allylic oxidation sites excluding steroid dienone is 6. The van der Waals surface area contributed by atoms with Gasteiger partial charge in [0.1, 0.15) is 11.2 Å². The molecule has 0 unspecified atom stereocenters. The molecular weight excluding hydrogens is 320 g/mol. The van der Waals surface area contributed by atoms with Crippen molar-refractivity contribution in [2.45, 2.75) is 11.2 Å². The van der Waals surface area contributed by atoms with E-state index in [-0.39, 0.29) is 0 Å². The quantitative estimate of drug-likeness (QED) is 0.855. The molecule has 2 nitrogen and oxygen atoms in total.